The van der Waals surface area contributed by atoms with Gasteiger partial charge in [0, 0.05) is 37.6 Å². The third kappa shape index (κ3) is 3.83. The van der Waals surface area contributed by atoms with Crippen LogP contribution in [0, 0.1) is 5.92 Å². The molecule has 116 valence electrons. The van der Waals surface area contributed by atoms with Gasteiger partial charge >= 0.3 is 0 Å². The van der Waals surface area contributed by atoms with Crippen molar-refractivity contribution < 1.29 is 23.0 Å². The monoisotopic (exact) mass is 299 g/mol. The summed E-state index contributed by atoms with van der Waals surface area (Å²) in [5, 5.41) is 0. The fraction of sp³-hybridized carbons (Fsp3) is 0.533. The summed E-state index contributed by atoms with van der Waals surface area (Å²) in [5.41, 5.74) is 0.837. The molecule has 1 aliphatic heterocycles. The number of alkyl halides is 2. The van der Waals surface area contributed by atoms with E-state index in [9.17, 15) is 13.6 Å². The first-order chi connectivity index (χ1) is 10.0. The van der Waals surface area contributed by atoms with E-state index in [1.807, 2.05) is 6.07 Å². The summed E-state index contributed by atoms with van der Waals surface area (Å²) in [4.78, 5) is 13.5. The number of hydrogen-bond donors (Lipinski definition) is 0. The molecule has 1 atom stereocenters. The minimum atomic E-state index is -2.36. The van der Waals surface area contributed by atoms with Gasteiger partial charge in [-0.2, -0.15) is 0 Å². The lowest BCUT2D eigenvalue weighted by molar-refractivity contribution is -0.128. The Labute approximate surface area is 122 Å². The van der Waals surface area contributed by atoms with E-state index in [-0.39, 0.29) is 24.7 Å². The average molecular weight is 299 g/mol. The van der Waals surface area contributed by atoms with Crippen LogP contribution in [0.1, 0.15) is 18.4 Å². The third-order valence-corrected chi connectivity index (χ3v) is 3.66. The second-order valence-corrected chi connectivity index (χ2v) is 5.15. The number of likely N-dealkylation sites (tertiary alicyclic amines) is 1. The van der Waals surface area contributed by atoms with Gasteiger partial charge in [-0.1, -0.05) is 0 Å². The van der Waals surface area contributed by atoms with E-state index in [0.717, 1.165) is 5.56 Å². The first-order valence-corrected chi connectivity index (χ1v) is 6.80. The van der Waals surface area contributed by atoms with E-state index in [0.29, 0.717) is 24.6 Å². The fourth-order valence-corrected chi connectivity index (χ4v) is 2.60. The average Bonchev–Trinajstić information content (AvgIpc) is 2.78. The Hall–Kier alpha value is -1.85. The maximum Gasteiger partial charge on any atom is 0.239 e. The number of carbonyl (C=O) groups excluding carboxylic acids is 1. The van der Waals surface area contributed by atoms with Crippen molar-refractivity contribution in [3.8, 4) is 11.5 Å². The molecule has 21 heavy (non-hydrogen) atoms. The van der Waals surface area contributed by atoms with Crippen LogP contribution in [0.15, 0.2) is 18.2 Å². The van der Waals surface area contributed by atoms with Gasteiger partial charge in [0.1, 0.15) is 11.5 Å². The third-order valence-electron chi connectivity index (χ3n) is 3.66. The number of carbonyl (C=O) groups is 1. The highest BCUT2D eigenvalue weighted by molar-refractivity contribution is 5.78. The van der Waals surface area contributed by atoms with Gasteiger partial charge in [0.05, 0.1) is 14.2 Å². The van der Waals surface area contributed by atoms with Gasteiger partial charge in [-0.25, -0.2) is 8.78 Å². The van der Waals surface area contributed by atoms with Gasteiger partial charge in [0.25, 0.3) is 0 Å². The summed E-state index contributed by atoms with van der Waals surface area (Å²) in [6, 6.07) is 5.35. The van der Waals surface area contributed by atoms with Crippen LogP contribution in [0.25, 0.3) is 0 Å². The Morgan fingerprint density at radius 1 is 1.33 bits per heavy atom. The number of ether oxygens (including phenoxy) is 2. The molecular formula is C15H19F2NO3. The molecule has 1 saturated heterocycles. The zero-order valence-electron chi connectivity index (χ0n) is 12.1. The smallest absolute Gasteiger partial charge is 0.239 e. The molecular weight excluding hydrogens is 280 g/mol. The molecule has 0 bridgehead atoms. The van der Waals surface area contributed by atoms with Crippen molar-refractivity contribution in [1.82, 2.24) is 4.90 Å². The minimum Gasteiger partial charge on any atom is -0.497 e. The number of rotatable bonds is 6. The van der Waals surface area contributed by atoms with E-state index in [4.69, 9.17) is 9.47 Å². The SMILES string of the molecule is COc1ccc(CN2C[C@@H](CC(F)F)CC2=O)c(OC)c1. The van der Waals surface area contributed by atoms with E-state index in [1.165, 1.54) is 0 Å². The van der Waals surface area contributed by atoms with Crippen LogP contribution in [0.5, 0.6) is 11.5 Å². The largest absolute Gasteiger partial charge is 0.497 e. The van der Waals surface area contributed by atoms with Crippen molar-refractivity contribution in [1.29, 1.82) is 0 Å². The Balaban J connectivity index is 2.06. The van der Waals surface area contributed by atoms with Crippen molar-refractivity contribution in [2.75, 3.05) is 20.8 Å². The maximum absolute atomic E-state index is 12.4. The van der Waals surface area contributed by atoms with Gasteiger partial charge < -0.3 is 14.4 Å². The molecule has 6 heteroatoms. The van der Waals surface area contributed by atoms with Crippen molar-refractivity contribution in [2.24, 2.45) is 5.92 Å². The van der Waals surface area contributed by atoms with Crippen molar-refractivity contribution in [3.63, 3.8) is 0 Å². The van der Waals surface area contributed by atoms with Gasteiger partial charge in [0.2, 0.25) is 12.3 Å². The molecule has 1 aromatic rings. The van der Waals surface area contributed by atoms with Crippen molar-refractivity contribution >= 4 is 5.91 Å². The number of nitrogens with zero attached hydrogens (tertiary/aromatic N) is 1. The molecule has 1 fully saturated rings. The highest BCUT2D eigenvalue weighted by Gasteiger charge is 2.31. The van der Waals surface area contributed by atoms with Gasteiger partial charge in [-0.15, -0.1) is 0 Å². The summed E-state index contributed by atoms with van der Waals surface area (Å²) in [5.74, 6) is 0.943. The molecule has 0 spiro atoms. The predicted octanol–water partition coefficient (Wildman–Crippen LogP) is 2.71. The van der Waals surface area contributed by atoms with Crippen LogP contribution in [-0.4, -0.2) is 38.0 Å². The lowest BCUT2D eigenvalue weighted by Gasteiger charge is -2.19. The van der Waals surface area contributed by atoms with E-state index in [2.05, 4.69) is 0 Å². The molecule has 1 amide bonds. The molecule has 2 rings (SSSR count). The summed E-state index contributed by atoms with van der Waals surface area (Å²) >= 11 is 0. The Kier molecular flexibility index (Phi) is 4.98. The van der Waals surface area contributed by atoms with E-state index < -0.39 is 6.43 Å². The Morgan fingerprint density at radius 2 is 2.10 bits per heavy atom. The number of amides is 1. The van der Waals surface area contributed by atoms with Gasteiger partial charge in [0.15, 0.2) is 0 Å². The number of hydrogen-bond acceptors (Lipinski definition) is 3. The maximum atomic E-state index is 12.4. The molecule has 0 aromatic heterocycles. The molecule has 0 radical (unpaired) electrons. The normalized spacial score (nSPS) is 18.4. The first-order valence-electron chi connectivity index (χ1n) is 6.80. The van der Waals surface area contributed by atoms with Crippen LogP contribution in [0.2, 0.25) is 0 Å². The lowest BCUT2D eigenvalue weighted by atomic mass is 10.1. The van der Waals surface area contributed by atoms with E-state index in [1.54, 1.807) is 31.3 Å². The highest BCUT2D eigenvalue weighted by atomic mass is 19.3. The number of benzene rings is 1. The molecule has 1 heterocycles. The zero-order chi connectivity index (χ0) is 15.4. The Bertz CT molecular complexity index is 508. The van der Waals surface area contributed by atoms with Crippen LogP contribution >= 0.6 is 0 Å². The van der Waals surface area contributed by atoms with Crippen LogP contribution in [-0.2, 0) is 11.3 Å². The topological polar surface area (TPSA) is 38.8 Å². The molecule has 4 nitrogen and oxygen atoms in total. The first kappa shape index (κ1) is 15.5. The second-order valence-electron chi connectivity index (χ2n) is 5.15. The minimum absolute atomic E-state index is 0.0847. The molecule has 0 aliphatic carbocycles. The summed E-state index contributed by atoms with van der Waals surface area (Å²) < 4.78 is 35.2. The highest BCUT2D eigenvalue weighted by Crippen LogP contribution is 2.29. The van der Waals surface area contributed by atoms with Crippen LogP contribution in [0.4, 0.5) is 8.78 Å². The standard InChI is InChI=1S/C15H19F2NO3/c1-20-12-4-3-11(13(7-12)21-2)9-18-8-10(5-14(16)17)6-15(18)19/h3-4,7,10,14H,5-6,8-9H2,1-2H3/t10-/m0/s1. The lowest BCUT2D eigenvalue weighted by Crippen LogP contribution is -2.25. The van der Waals surface area contributed by atoms with E-state index >= 15 is 0 Å². The second kappa shape index (κ2) is 6.74. The molecule has 0 N–H and O–H groups in total. The summed E-state index contributed by atoms with van der Waals surface area (Å²) in [6.07, 6.45) is -2.39. The molecule has 1 aliphatic rings. The van der Waals surface area contributed by atoms with Gasteiger partial charge in [-0.05, 0) is 18.1 Å². The van der Waals surface area contributed by atoms with Crippen molar-refractivity contribution in [3.05, 3.63) is 23.8 Å². The number of halogens is 2. The van der Waals surface area contributed by atoms with Gasteiger partial charge in [-0.3, -0.25) is 4.79 Å². The predicted molar refractivity (Wildman–Crippen MR) is 73.7 cm³/mol. The van der Waals surface area contributed by atoms with Crippen LogP contribution < -0.4 is 9.47 Å². The summed E-state index contributed by atoms with van der Waals surface area (Å²) in [6.45, 7) is 0.740. The number of methoxy groups -OCH3 is 2. The zero-order valence-corrected chi connectivity index (χ0v) is 12.1. The van der Waals surface area contributed by atoms with Crippen molar-refractivity contribution in [2.45, 2.75) is 25.8 Å². The molecule has 0 saturated carbocycles. The summed E-state index contributed by atoms with van der Waals surface area (Å²) in [7, 11) is 3.11. The fourth-order valence-electron chi connectivity index (χ4n) is 2.60. The molecule has 1 aromatic carbocycles. The Morgan fingerprint density at radius 3 is 2.71 bits per heavy atom. The molecule has 0 unspecified atom stereocenters. The van der Waals surface area contributed by atoms with Crippen LogP contribution in [0.3, 0.4) is 0 Å². The quantitative estimate of drug-likeness (QED) is 0.810.